The second kappa shape index (κ2) is 6.39. The lowest BCUT2D eigenvalue weighted by atomic mass is 10.1. The minimum Gasteiger partial charge on any atom is -0.451 e. The highest BCUT2D eigenvalue weighted by atomic mass is 35.5. The van der Waals surface area contributed by atoms with Crippen molar-refractivity contribution in [2.45, 2.75) is 13.0 Å². The van der Waals surface area contributed by atoms with Gasteiger partial charge in [-0.05, 0) is 13.0 Å². The first-order valence-electron chi connectivity index (χ1n) is 5.74. The van der Waals surface area contributed by atoms with Gasteiger partial charge < -0.3 is 4.74 Å². The highest BCUT2D eigenvalue weighted by Crippen LogP contribution is 2.31. The number of ether oxygens (including phenoxy) is 1. The molecule has 0 bridgehead atoms. The Morgan fingerprint density at radius 2 is 1.85 bits per heavy atom. The number of hydrogen-bond donors (Lipinski definition) is 0. The molecule has 1 heterocycles. The van der Waals surface area contributed by atoms with Crippen LogP contribution in [0.25, 0.3) is 0 Å². The summed E-state index contributed by atoms with van der Waals surface area (Å²) in [4.78, 5) is 24.0. The van der Waals surface area contributed by atoms with Gasteiger partial charge in [0, 0.05) is 5.56 Å². The van der Waals surface area contributed by atoms with E-state index in [-0.39, 0.29) is 15.7 Å². The number of thiophene rings is 1. The van der Waals surface area contributed by atoms with E-state index in [2.05, 4.69) is 0 Å². The van der Waals surface area contributed by atoms with Gasteiger partial charge in [0.25, 0.3) is 0 Å². The molecule has 20 heavy (non-hydrogen) atoms. The van der Waals surface area contributed by atoms with Crippen molar-refractivity contribution in [1.82, 2.24) is 0 Å². The van der Waals surface area contributed by atoms with Crippen LogP contribution in [0.2, 0.25) is 8.67 Å². The quantitative estimate of drug-likeness (QED) is 0.613. The Hall–Kier alpha value is -1.36. The Bertz CT molecular complexity index is 637. The highest BCUT2D eigenvalue weighted by molar-refractivity contribution is 7.20. The van der Waals surface area contributed by atoms with Gasteiger partial charge in [-0.2, -0.15) is 0 Å². The summed E-state index contributed by atoms with van der Waals surface area (Å²) < 4.78 is 5.76. The summed E-state index contributed by atoms with van der Waals surface area (Å²) in [6.45, 7) is 1.52. The second-order valence-corrected chi connectivity index (χ2v) is 6.30. The molecule has 3 nitrogen and oxygen atoms in total. The average molecular weight is 329 g/mol. The van der Waals surface area contributed by atoms with Crippen molar-refractivity contribution in [3.05, 3.63) is 56.2 Å². The molecule has 0 fully saturated rings. The molecule has 0 aliphatic rings. The minimum atomic E-state index is -0.889. The Morgan fingerprint density at radius 1 is 1.20 bits per heavy atom. The van der Waals surface area contributed by atoms with Crippen molar-refractivity contribution >= 4 is 46.3 Å². The van der Waals surface area contributed by atoms with E-state index in [1.165, 1.54) is 13.0 Å². The standard InChI is InChI=1S/C14H10Cl2O3S/c1-8(12(17)9-5-3-2-4-6-9)19-14(18)10-7-11(15)20-13(10)16/h2-8H,1H3. The Morgan fingerprint density at radius 3 is 2.40 bits per heavy atom. The number of esters is 1. The van der Waals surface area contributed by atoms with Crippen LogP contribution < -0.4 is 0 Å². The van der Waals surface area contributed by atoms with E-state index < -0.39 is 12.1 Å². The summed E-state index contributed by atoms with van der Waals surface area (Å²) in [7, 11) is 0. The second-order valence-electron chi connectivity index (χ2n) is 4.02. The molecule has 2 aromatic rings. The SMILES string of the molecule is CC(OC(=O)c1cc(Cl)sc1Cl)C(=O)c1ccccc1. The van der Waals surface area contributed by atoms with Gasteiger partial charge in [0.2, 0.25) is 5.78 Å². The van der Waals surface area contributed by atoms with E-state index in [1.807, 2.05) is 0 Å². The van der Waals surface area contributed by atoms with Crippen molar-refractivity contribution in [2.24, 2.45) is 0 Å². The molecule has 6 heteroatoms. The van der Waals surface area contributed by atoms with Crippen molar-refractivity contribution in [2.75, 3.05) is 0 Å². The van der Waals surface area contributed by atoms with Crippen LogP contribution in [0.5, 0.6) is 0 Å². The smallest absolute Gasteiger partial charge is 0.341 e. The van der Waals surface area contributed by atoms with Crippen LogP contribution in [0, 0.1) is 0 Å². The van der Waals surface area contributed by atoms with Crippen LogP contribution in [0.15, 0.2) is 36.4 Å². The lowest BCUT2D eigenvalue weighted by molar-refractivity contribution is 0.0319. The summed E-state index contributed by atoms with van der Waals surface area (Å²) >= 11 is 12.7. The van der Waals surface area contributed by atoms with E-state index in [4.69, 9.17) is 27.9 Å². The minimum absolute atomic E-state index is 0.175. The maximum atomic E-state index is 12.1. The van der Waals surface area contributed by atoms with Crippen LogP contribution in [0.4, 0.5) is 0 Å². The number of Topliss-reactive ketones (excluding diaryl/α,β-unsaturated/α-hetero) is 1. The fraction of sp³-hybridized carbons (Fsp3) is 0.143. The van der Waals surface area contributed by atoms with E-state index in [9.17, 15) is 9.59 Å². The number of hydrogen-bond acceptors (Lipinski definition) is 4. The van der Waals surface area contributed by atoms with E-state index in [1.54, 1.807) is 30.3 Å². The van der Waals surface area contributed by atoms with Crippen molar-refractivity contribution in [1.29, 1.82) is 0 Å². The van der Waals surface area contributed by atoms with Crippen LogP contribution in [-0.4, -0.2) is 17.9 Å². The number of halogens is 2. The normalized spacial score (nSPS) is 11.9. The number of rotatable bonds is 4. The van der Waals surface area contributed by atoms with Gasteiger partial charge in [-0.1, -0.05) is 53.5 Å². The van der Waals surface area contributed by atoms with E-state index in [0.29, 0.717) is 9.90 Å². The van der Waals surface area contributed by atoms with Crippen molar-refractivity contribution in [3.63, 3.8) is 0 Å². The van der Waals surface area contributed by atoms with Crippen molar-refractivity contribution < 1.29 is 14.3 Å². The van der Waals surface area contributed by atoms with E-state index in [0.717, 1.165) is 11.3 Å². The van der Waals surface area contributed by atoms with Gasteiger partial charge in [0.15, 0.2) is 6.10 Å². The summed E-state index contributed by atoms with van der Waals surface area (Å²) in [5.41, 5.74) is 0.664. The molecule has 1 unspecified atom stereocenters. The molecule has 0 saturated carbocycles. The number of ketones is 1. The lowest BCUT2D eigenvalue weighted by Crippen LogP contribution is -2.24. The third kappa shape index (κ3) is 3.39. The fourth-order valence-corrected chi connectivity index (χ4v) is 3.03. The van der Waals surface area contributed by atoms with Crippen LogP contribution >= 0.6 is 34.5 Å². The first-order chi connectivity index (χ1) is 9.49. The molecule has 2 rings (SSSR count). The van der Waals surface area contributed by atoms with Crippen LogP contribution in [0.1, 0.15) is 27.6 Å². The predicted octanol–water partition coefficient (Wildman–Crippen LogP) is 4.48. The predicted molar refractivity (Wildman–Crippen MR) is 80.0 cm³/mol. The molecule has 1 atom stereocenters. The highest BCUT2D eigenvalue weighted by Gasteiger charge is 2.22. The topological polar surface area (TPSA) is 43.4 Å². The molecule has 0 amide bonds. The zero-order valence-corrected chi connectivity index (χ0v) is 12.8. The van der Waals surface area contributed by atoms with Gasteiger partial charge >= 0.3 is 5.97 Å². The van der Waals surface area contributed by atoms with Gasteiger partial charge in [-0.3, -0.25) is 4.79 Å². The Labute approximate surface area is 130 Å². The molecule has 1 aromatic carbocycles. The molecule has 0 aliphatic heterocycles. The third-order valence-electron chi connectivity index (χ3n) is 2.59. The summed E-state index contributed by atoms with van der Waals surface area (Å²) in [5, 5.41) is 0. The monoisotopic (exact) mass is 328 g/mol. The first-order valence-corrected chi connectivity index (χ1v) is 7.31. The molecular formula is C14H10Cl2O3S. The van der Waals surface area contributed by atoms with Crippen molar-refractivity contribution in [3.8, 4) is 0 Å². The van der Waals surface area contributed by atoms with Gasteiger partial charge in [0.1, 0.15) is 4.34 Å². The molecule has 0 N–H and O–H groups in total. The molecule has 0 radical (unpaired) electrons. The first kappa shape index (κ1) is 15.0. The van der Waals surface area contributed by atoms with Crippen LogP contribution in [-0.2, 0) is 4.74 Å². The maximum Gasteiger partial charge on any atom is 0.341 e. The largest absolute Gasteiger partial charge is 0.451 e. The summed E-state index contributed by atoms with van der Waals surface area (Å²) in [5.74, 6) is -0.925. The zero-order chi connectivity index (χ0) is 14.7. The molecule has 0 aliphatic carbocycles. The van der Waals surface area contributed by atoms with Gasteiger partial charge in [0.05, 0.1) is 9.90 Å². The summed E-state index contributed by atoms with van der Waals surface area (Å²) in [6.07, 6.45) is -0.889. The zero-order valence-electron chi connectivity index (χ0n) is 10.4. The molecular weight excluding hydrogens is 319 g/mol. The summed E-state index contributed by atoms with van der Waals surface area (Å²) in [6, 6.07) is 10.1. The average Bonchev–Trinajstić information content (AvgIpc) is 2.78. The number of carbonyl (C=O) groups excluding carboxylic acids is 2. The Balaban J connectivity index is 2.08. The number of carbonyl (C=O) groups is 2. The van der Waals surface area contributed by atoms with Crippen LogP contribution in [0.3, 0.4) is 0 Å². The number of benzene rings is 1. The van der Waals surface area contributed by atoms with Gasteiger partial charge in [-0.25, -0.2) is 4.79 Å². The fourth-order valence-electron chi connectivity index (χ4n) is 1.59. The molecule has 1 aromatic heterocycles. The van der Waals surface area contributed by atoms with E-state index >= 15 is 0 Å². The maximum absolute atomic E-state index is 12.1. The third-order valence-corrected chi connectivity index (χ3v) is 4.08. The van der Waals surface area contributed by atoms with Gasteiger partial charge in [-0.15, -0.1) is 11.3 Å². The molecule has 104 valence electrons. The molecule has 0 spiro atoms. The Kier molecular flexibility index (Phi) is 4.81. The lowest BCUT2D eigenvalue weighted by Gasteiger charge is -2.11. The molecule has 0 saturated heterocycles.